The van der Waals surface area contributed by atoms with E-state index in [1.54, 1.807) is 24.3 Å². The van der Waals surface area contributed by atoms with Gasteiger partial charge in [0.25, 0.3) is 0 Å². The van der Waals surface area contributed by atoms with Gasteiger partial charge in [-0.15, -0.1) is 0 Å². The minimum atomic E-state index is -0.731. The summed E-state index contributed by atoms with van der Waals surface area (Å²) in [6.07, 6.45) is 3.81. The minimum absolute atomic E-state index is 0.0359. The highest BCUT2D eigenvalue weighted by Gasteiger charge is 2.31. The van der Waals surface area contributed by atoms with Crippen LogP contribution in [0.3, 0.4) is 0 Å². The maximum absolute atomic E-state index is 12.5. The van der Waals surface area contributed by atoms with Crippen molar-refractivity contribution in [1.82, 2.24) is 5.32 Å². The third-order valence-electron chi connectivity index (χ3n) is 5.05. The number of nitrogens with one attached hydrogen (secondary N) is 1. The highest BCUT2D eigenvalue weighted by atomic mass is 16.5. The summed E-state index contributed by atoms with van der Waals surface area (Å²) in [4.78, 5) is 37.0. The van der Waals surface area contributed by atoms with Crippen molar-refractivity contribution in [2.24, 2.45) is 17.8 Å². The molecular weight excluding hydrogens is 330 g/mol. The Bertz CT molecular complexity index is 618. The molecule has 1 N–H and O–H groups in total. The summed E-state index contributed by atoms with van der Waals surface area (Å²) in [6.45, 7) is 5.59. The number of hydrogen-bond acceptors (Lipinski definition) is 4. The van der Waals surface area contributed by atoms with Gasteiger partial charge in [0.1, 0.15) is 6.04 Å². The summed E-state index contributed by atoms with van der Waals surface area (Å²) in [5.74, 6) is -0.376. The van der Waals surface area contributed by atoms with Gasteiger partial charge in [-0.2, -0.15) is 0 Å². The Kier molecular flexibility index (Phi) is 7.37. The molecule has 0 spiro atoms. The molecular formula is C21H29NO4. The van der Waals surface area contributed by atoms with E-state index in [1.807, 2.05) is 19.9 Å². The molecule has 5 nitrogen and oxygen atoms in total. The molecule has 0 radical (unpaired) electrons. The van der Waals surface area contributed by atoms with Crippen LogP contribution in [0.1, 0.15) is 56.8 Å². The Morgan fingerprint density at radius 3 is 2.27 bits per heavy atom. The van der Waals surface area contributed by atoms with Crippen molar-refractivity contribution in [3.63, 3.8) is 0 Å². The lowest BCUT2D eigenvalue weighted by Crippen LogP contribution is -2.48. The fourth-order valence-corrected chi connectivity index (χ4v) is 3.22. The van der Waals surface area contributed by atoms with Crippen LogP contribution in [0.4, 0.5) is 0 Å². The van der Waals surface area contributed by atoms with Crippen LogP contribution in [0.2, 0.25) is 0 Å². The molecule has 0 aromatic heterocycles. The van der Waals surface area contributed by atoms with E-state index in [9.17, 15) is 14.4 Å². The third kappa shape index (κ3) is 5.68. The number of hydrogen-bond donors (Lipinski definition) is 1. The van der Waals surface area contributed by atoms with Crippen molar-refractivity contribution in [2.75, 3.05) is 6.61 Å². The Morgan fingerprint density at radius 2 is 1.69 bits per heavy atom. The monoisotopic (exact) mass is 359 g/mol. The van der Waals surface area contributed by atoms with Crippen molar-refractivity contribution in [3.05, 3.63) is 35.9 Å². The minimum Gasteiger partial charge on any atom is -0.456 e. The quantitative estimate of drug-likeness (QED) is 0.598. The van der Waals surface area contributed by atoms with Crippen LogP contribution in [0.15, 0.2) is 30.3 Å². The van der Waals surface area contributed by atoms with Gasteiger partial charge in [-0.25, -0.2) is 4.79 Å². The van der Waals surface area contributed by atoms with E-state index in [-0.39, 0.29) is 30.1 Å². The van der Waals surface area contributed by atoms with Gasteiger partial charge in [0.05, 0.1) is 0 Å². The van der Waals surface area contributed by atoms with Crippen LogP contribution in [-0.4, -0.2) is 30.3 Å². The van der Waals surface area contributed by atoms with Gasteiger partial charge in [-0.05, 0) is 37.5 Å². The van der Waals surface area contributed by atoms with E-state index < -0.39 is 12.0 Å². The fourth-order valence-electron chi connectivity index (χ4n) is 3.22. The topological polar surface area (TPSA) is 72.5 Å². The van der Waals surface area contributed by atoms with Crippen molar-refractivity contribution in [3.8, 4) is 0 Å². The second-order valence-corrected chi connectivity index (χ2v) is 7.58. The number of rotatable bonds is 7. The summed E-state index contributed by atoms with van der Waals surface area (Å²) >= 11 is 0. The molecule has 1 aromatic rings. The van der Waals surface area contributed by atoms with Crippen molar-refractivity contribution >= 4 is 17.7 Å². The van der Waals surface area contributed by atoms with Crippen LogP contribution >= 0.6 is 0 Å². The van der Waals surface area contributed by atoms with Crippen LogP contribution < -0.4 is 5.32 Å². The predicted molar refractivity (Wildman–Crippen MR) is 99.6 cm³/mol. The molecule has 0 unspecified atom stereocenters. The molecule has 1 atom stereocenters. The van der Waals surface area contributed by atoms with Gasteiger partial charge in [0.15, 0.2) is 12.4 Å². The fraction of sp³-hybridized carbons (Fsp3) is 0.571. The molecule has 1 aliphatic rings. The SMILES string of the molecule is CC1CCC(C(=O)N[C@H](C(=O)OCC(=O)c2ccccc2)C(C)C)CC1. The normalized spacial score (nSPS) is 21.1. The third-order valence-corrected chi connectivity index (χ3v) is 5.05. The first-order valence-corrected chi connectivity index (χ1v) is 9.43. The van der Waals surface area contributed by atoms with E-state index >= 15 is 0 Å². The van der Waals surface area contributed by atoms with E-state index in [4.69, 9.17) is 4.74 Å². The molecule has 1 fully saturated rings. The summed E-state index contributed by atoms with van der Waals surface area (Å²) in [6, 6.07) is 7.97. The Hall–Kier alpha value is -2.17. The number of esters is 1. The number of carbonyl (C=O) groups is 3. The predicted octanol–water partition coefficient (Wildman–Crippen LogP) is 3.38. The highest BCUT2D eigenvalue weighted by Crippen LogP contribution is 2.28. The van der Waals surface area contributed by atoms with E-state index in [0.717, 1.165) is 25.7 Å². The average Bonchev–Trinajstić information content (AvgIpc) is 2.64. The van der Waals surface area contributed by atoms with Gasteiger partial charge in [0, 0.05) is 11.5 Å². The first-order chi connectivity index (χ1) is 12.4. The molecule has 1 saturated carbocycles. The lowest BCUT2D eigenvalue weighted by atomic mass is 9.82. The molecule has 26 heavy (non-hydrogen) atoms. The molecule has 0 heterocycles. The van der Waals surface area contributed by atoms with E-state index in [1.165, 1.54) is 0 Å². The summed E-state index contributed by atoms with van der Waals surface area (Å²) in [5.41, 5.74) is 0.502. The van der Waals surface area contributed by atoms with Gasteiger partial charge >= 0.3 is 5.97 Å². The first kappa shape index (κ1) is 20.1. The van der Waals surface area contributed by atoms with Crippen LogP contribution in [0.25, 0.3) is 0 Å². The number of benzene rings is 1. The lowest BCUT2D eigenvalue weighted by Gasteiger charge is -2.28. The maximum Gasteiger partial charge on any atom is 0.329 e. The molecule has 142 valence electrons. The molecule has 0 aliphatic heterocycles. The number of Topliss-reactive ketones (excluding diaryl/α,β-unsaturated/α-hetero) is 1. The number of ketones is 1. The molecule has 5 heteroatoms. The van der Waals surface area contributed by atoms with Gasteiger partial charge in [-0.1, -0.05) is 51.1 Å². The highest BCUT2D eigenvalue weighted by molar-refractivity contribution is 5.98. The molecule has 1 amide bonds. The molecule has 1 aromatic carbocycles. The zero-order valence-electron chi connectivity index (χ0n) is 15.9. The Morgan fingerprint density at radius 1 is 1.08 bits per heavy atom. The molecule has 0 bridgehead atoms. The summed E-state index contributed by atoms with van der Waals surface area (Å²) < 4.78 is 5.18. The van der Waals surface area contributed by atoms with Crippen LogP contribution in [-0.2, 0) is 14.3 Å². The second-order valence-electron chi connectivity index (χ2n) is 7.58. The standard InChI is InChI=1S/C21H29NO4/c1-14(2)19(22-20(24)17-11-9-15(3)10-12-17)21(25)26-13-18(23)16-7-5-4-6-8-16/h4-8,14-15,17,19H,9-13H2,1-3H3,(H,22,24)/t15?,17?,19-/m0/s1. The maximum atomic E-state index is 12.5. The Labute approximate surface area is 155 Å². The van der Waals surface area contributed by atoms with Crippen molar-refractivity contribution in [2.45, 2.75) is 52.5 Å². The van der Waals surface area contributed by atoms with E-state index in [2.05, 4.69) is 12.2 Å². The smallest absolute Gasteiger partial charge is 0.329 e. The largest absolute Gasteiger partial charge is 0.456 e. The lowest BCUT2D eigenvalue weighted by molar-refractivity contribution is -0.148. The van der Waals surface area contributed by atoms with Crippen LogP contribution in [0.5, 0.6) is 0 Å². The number of amides is 1. The zero-order chi connectivity index (χ0) is 19.1. The van der Waals surface area contributed by atoms with Crippen LogP contribution in [0, 0.1) is 17.8 Å². The first-order valence-electron chi connectivity index (χ1n) is 9.43. The van der Waals surface area contributed by atoms with E-state index in [0.29, 0.717) is 11.5 Å². The molecule has 0 saturated heterocycles. The summed E-state index contributed by atoms with van der Waals surface area (Å²) in [7, 11) is 0. The van der Waals surface area contributed by atoms with Gasteiger partial charge < -0.3 is 10.1 Å². The van der Waals surface area contributed by atoms with Gasteiger partial charge in [-0.3, -0.25) is 9.59 Å². The second kappa shape index (κ2) is 9.51. The number of ether oxygens (including phenoxy) is 1. The molecule has 2 rings (SSSR count). The summed E-state index contributed by atoms with van der Waals surface area (Å²) in [5, 5.41) is 2.84. The van der Waals surface area contributed by atoms with Crippen molar-refractivity contribution in [1.29, 1.82) is 0 Å². The zero-order valence-corrected chi connectivity index (χ0v) is 15.9. The van der Waals surface area contributed by atoms with Crippen molar-refractivity contribution < 1.29 is 19.1 Å². The molecule has 1 aliphatic carbocycles. The number of carbonyl (C=O) groups excluding carboxylic acids is 3. The van der Waals surface area contributed by atoms with Gasteiger partial charge in [0.2, 0.25) is 5.91 Å². The average molecular weight is 359 g/mol. The Balaban J connectivity index is 1.88.